The quantitative estimate of drug-likeness (QED) is 0.446. The second-order valence-corrected chi connectivity index (χ2v) is 9.87. The first-order chi connectivity index (χ1) is 16.8. The Kier molecular flexibility index (Phi) is 5.97. The van der Waals surface area contributed by atoms with Gasteiger partial charge in [-0.05, 0) is 60.0 Å². The third-order valence-corrected chi connectivity index (χ3v) is 7.22. The summed E-state index contributed by atoms with van der Waals surface area (Å²) in [4.78, 5) is 14.7. The third kappa shape index (κ3) is 4.04. The molecular formula is C29H29ClN2O3. The maximum atomic E-state index is 12.5. The molecule has 2 aliphatic rings. The molecule has 1 unspecified atom stereocenters. The van der Waals surface area contributed by atoms with E-state index in [-0.39, 0.29) is 11.3 Å². The molecule has 0 radical (unpaired) electrons. The zero-order chi connectivity index (χ0) is 24.6. The van der Waals surface area contributed by atoms with E-state index in [1.165, 1.54) is 5.56 Å². The van der Waals surface area contributed by atoms with Crippen LogP contribution < -0.4 is 19.7 Å². The van der Waals surface area contributed by atoms with Gasteiger partial charge in [-0.3, -0.25) is 4.79 Å². The van der Waals surface area contributed by atoms with Gasteiger partial charge in [0.1, 0.15) is 12.3 Å². The van der Waals surface area contributed by atoms with Crippen molar-refractivity contribution in [2.24, 2.45) is 0 Å². The molecule has 2 aliphatic heterocycles. The molecule has 5 nitrogen and oxygen atoms in total. The van der Waals surface area contributed by atoms with Crippen molar-refractivity contribution < 1.29 is 14.3 Å². The number of amides is 1. The fraction of sp³-hybridized carbons (Fsp3) is 0.276. The van der Waals surface area contributed by atoms with Crippen molar-refractivity contribution in [3.8, 4) is 11.5 Å². The minimum absolute atomic E-state index is 0.0261. The highest BCUT2D eigenvalue weighted by Gasteiger charge is 2.59. The van der Waals surface area contributed by atoms with Crippen LogP contribution in [-0.4, -0.2) is 24.7 Å². The summed E-state index contributed by atoms with van der Waals surface area (Å²) in [5.41, 5.74) is 3.38. The predicted octanol–water partition coefficient (Wildman–Crippen LogP) is 5.95. The van der Waals surface area contributed by atoms with E-state index < -0.39 is 5.66 Å². The van der Waals surface area contributed by atoms with Gasteiger partial charge in [-0.2, -0.15) is 0 Å². The number of carbonyl (C=O) groups is 1. The van der Waals surface area contributed by atoms with Gasteiger partial charge in [-0.15, -0.1) is 0 Å². The van der Waals surface area contributed by atoms with Crippen molar-refractivity contribution >= 4 is 29.3 Å². The lowest BCUT2D eigenvalue weighted by atomic mass is 9.75. The zero-order valence-electron chi connectivity index (χ0n) is 20.2. The van der Waals surface area contributed by atoms with Crippen LogP contribution in [0.25, 0.3) is 6.08 Å². The molecule has 35 heavy (non-hydrogen) atoms. The Balaban J connectivity index is 1.43. The second kappa shape index (κ2) is 8.97. The van der Waals surface area contributed by atoms with Crippen LogP contribution >= 0.6 is 11.6 Å². The summed E-state index contributed by atoms with van der Waals surface area (Å²) < 4.78 is 11.9. The number of hydrogen-bond acceptors (Lipinski definition) is 4. The van der Waals surface area contributed by atoms with Crippen LogP contribution in [-0.2, 0) is 16.8 Å². The average Bonchev–Trinajstić information content (AvgIpc) is 3.28. The van der Waals surface area contributed by atoms with Crippen LogP contribution in [0.1, 0.15) is 37.5 Å². The molecule has 1 amide bonds. The molecule has 1 saturated heterocycles. The number of para-hydroxylation sites is 1. The van der Waals surface area contributed by atoms with Gasteiger partial charge < -0.3 is 19.7 Å². The Labute approximate surface area is 211 Å². The maximum Gasteiger partial charge on any atom is 0.241 e. The fourth-order valence-corrected chi connectivity index (χ4v) is 5.24. The van der Waals surface area contributed by atoms with Crippen molar-refractivity contribution in [1.29, 1.82) is 0 Å². The maximum absolute atomic E-state index is 12.5. The largest absolute Gasteiger partial charge is 0.490 e. The van der Waals surface area contributed by atoms with Gasteiger partial charge in [-0.1, -0.05) is 67.9 Å². The minimum Gasteiger partial charge on any atom is -0.490 e. The van der Waals surface area contributed by atoms with Gasteiger partial charge in [0.15, 0.2) is 11.5 Å². The minimum atomic E-state index is -0.636. The zero-order valence-corrected chi connectivity index (χ0v) is 20.9. The van der Waals surface area contributed by atoms with Gasteiger partial charge in [0.2, 0.25) is 5.91 Å². The lowest BCUT2D eigenvalue weighted by molar-refractivity contribution is -0.118. The Morgan fingerprint density at radius 3 is 2.57 bits per heavy atom. The normalized spacial score (nSPS) is 20.0. The summed E-state index contributed by atoms with van der Waals surface area (Å²) >= 11 is 5.98. The van der Waals surface area contributed by atoms with Gasteiger partial charge in [-0.25, -0.2) is 0 Å². The van der Waals surface area contributed by atoms with Crippen LogP contribution in [0, 0.1) is 0 Å². The van der Waals surface area contributed by atoms with Crippen molar-refractivity contribution in [1.82, 2.24) is 5.32 Å². The molecule has 0 spiro atoms. The van der Waals surface area contributed by atoms with E-state index in [4.69, 9.17) is 21.1 Å². The van der Waals surface area contributed by atoms with E-state index in [1.807, 2.05) is 55.5 Å². The van der Waals surface area contributed by atoms with Crippen molar-refractivity contribution in [3.05, 3.63) is 94.5 Å². The SMILES string of the molecule is CCOc1cc(/C=C/C23NC(=O)CN2c2ccccc2C3(C)C)ccc1OCc1ccc(Cl)cc1. The summed E-state index contributed by atoms with van der Waals surface area (Å²) in [7, 11) is 0. The van der Waals surface area contributed by atoms with Gasteiger partial charge in [0.25, 0.3) is 0 Å². The molecule has 1 atom stereocenters. The fourth-order valence-electron chi connectivity index (χ4n) is 5.11. The van der Waals surface area contributed by atoms with E-state index in [0.29, 0.717) is 36.3 Å². The topological polar surface area (TPSA) is 50.8 Å². The molecule has 3 aromatic rings. The Morgan fingerprint density at radius 2 is 1.80 bits per heavy atom. The van der Waals surface area contributed by atoms with Gasteiger partial charge in [0.05, 0.1) is 13.2 Å². The molecule has 0 saturated carbocycles. The van der Waals surface area contributed by atoms with Crippen molar-refractivity contribution in [2.75, 3.05) is 18.1 Å². The molecule has 0 aliphatic carbocycles. The number of ether oxygens (including phenoxy) is 2. The molecule has 0 aromatic heterocycles. The van der Waals surface area contributed by atoms with E-state index in [0.717, 1.165) is 16.8 Å². The summed E-state index contributed by atoms with van der Waals surface area (Å²) in [6.07, 6.45) is 4.16. The molecule has 6 heteroatoms. The molecule has 2 heterocycles. The van der Waals surface area contributed by atoms with E-state index in [1.54, 1.807) is 0 Å². The second-order valence-electron chi connectivity index (χ2n) is 9.43. The first-order valence-electron chi connectivity index (χ1n) is 11.9. The van der Waals surface area contributed by atoms with E-state index in [9.17, 15) is 4.79 Å². The molecule has 1 N–H and O–H groups in total. The number of benzene rings is 3. The number of halogens is 1. The summed E-state index contributed by atoms with van der Waals surface area (Å²) in [5, 5.41) is 3.96. The van der Waals surface area contributed by atoms with E-state index >= 15 is 0 Å². The smallest absolute Gasteiger partial charge is 0.241 e. The molecule has 1 fully saturated rings. The lowest BCUT2D eigenvalue weighted by Gasteiger charge is -2.40. The Morgan fingerprint density at radius 1 is 1.03 bits per heavy atom. The summed E-state index contributed by atoms with van der Waals surface area (Å²) in [5.74, 6) is 1.39. The number of nitrogens with zero attached hydrogens (tertiary/aromatic N) is 1. The highest BCUT2D eigenvalue weighted by atomic mass is 35.5. The van der Waals surface area contributed by atoms with Crippen molar-refractivity contribution in [3.63, 3.8) is 0 Å². The highest BCUT2D eigenvalue weighted by molar-refractivity contribution is 6.30. The van der Waals surface area contributed by atoms with Crippen LogP contribution in [0.3, 0.4) is 0 Å². The number of nitrogens with one attached hydrogen (secondary N) is 1. The van der Waals surface area contributed by atoms with Gasteiger partial charge in [0, 0.05) is 16.1 Å². The average molecular weight is 489 g/mol. The lowest BCUT2D eigenvalue weighted by Crippen LogP contribution is -2.58. The standard InChI is InChI=1S/C29H29ClN2O3/c1-4-34-26-17-20(11-14-25(26)35-19-21-9-12-22(30)13-10-21)15-16-29-28(2,3)23-7-5-6-8-24(23)32(29)18-27(33)31-29/h5-17H,4,18-19H2,1-3H3,(H,31,33)/b16-15+. The molecule has 3 aromatic carbocycles. The number of fused-ring (bicyclic) bond motifs is 3. The molecular weight excluding hydrogens is 460 g/mol. The predicted molar refractivity (Wildman–Crippen MR) is 140 cm³/mol. The molecule has 0 bridgehead atoms. The molecule has 180 valence electrons. The van der Waals surface area contributed by atoms with Crippen LogP contribution in [0.15, 0.2) is 72.8 Å². The number of anilines is 1. The highest BCUT2D eigenvalue weighted by Crippen LogP contribution is 2.52. The summed E-state index contributed by atoms with van der Waals surface area (Å²) in [6, 6.07) is 21.8. The number of carbonyl (C=O) groups excluding carboxylic acids is 1. The van der Waals surface area contributed by atoms with Gasteiger partial charge >= 0.3 is 0 Å². The van der Waals surface area contributed by atoms with Crippen LogP contribution in [0.2, 0.25) is 5.02 Å². The third-order valence-electron chi connectivity index (χ3n) is 6.97. The first-order valence-corrected chi connectivity index (χ1v) is 12.2. The number of rotatable bonds is 7. The Hall–Kier alpha value is -3.44. The monoisotopic (exact) mass is 488 g/mol. The first kappa shape index (κ1) is 23.3. The molecule has 5 rings (SSSR count). The van der Waals surface area contributed by atoms with Crippen LogP contribution in [0.5, 0.6) is 11.5 Å². The van der Waals surface area contributed by atoms with Crippen LogP contribution in [0.4, 0.5) is 5.69 Å². The summed E-state index contributed by atoms with van der Waals surface area (Å²) in [6.45, 7) is 7.60. The number of hydrogen-bond donors (Lipinski definition) is 1. The Bertz CT molecular complexity index is 1290. The van der Waals surface area contributed by atoms with Crippen molar-refractivity contribution in [2.45, 2.75) is 38.5 Å². The van der Waals surface area contributed by atoms with E-state index in [2.05, 4.69) is 54.4 Å².